The van der Waals surface area contributed by atoms with Crippen molar-refractivity contribution >= 4 is 23.3 Å². The number of esters is 1. The summed E-state index contributed by atoms with van der Waals surface area (Å²) in [6, 6.07) is 5.00. The minimum absolute atomic E-state index is 0.0174. The molecule has 21 heavy (non-hydrogen) atoms. The average molecular weight is 311 g/mol. The van der Waals surface area contributed by atoms with E-state index in [1.807, 2.05) is 0 Å². The molecule has 0 radical (unpaired) electrons. The lowest BCUT2D eigenvalue weighted by Crippen LogP contribution is -2.08. The van der Waals surface area contributed by atoms with Crippen LogP contribution < -0.4 is 10.5 Å². The SMILES string of the molecule is CCOC(=O)c1cc(N)cnc1Oc1ccc(F)cc1Cl. The van der Waals surface area contributed by atoms with Gasteiger partial charge >= 0.3 is 5.97 Å². The Morgan fingerprint density at radius 2 is 2.19 bits per heavy atom. The third kappa shape index (κ3) is 3.61. The van der Waals surface area contributed by atoms with Crippen LogP contribution in [0.2, 0.25) is 5.02 Å². The topological polar surface area (TPSA) is 74.4 Å². The maximum Gasteiger partial charge on any atom is 0.343 e. The van der Waals surface area contributed by atoms with Crippen molar-refractivity contribution in [3.05, 3.63) is 46.9 Å². The molecule has 0 unspecified atom stereocenters. The van der Waals surface area contributed by atoms with Crippen LogP contribution in [-0.4, -0.2) is 17.6 Å². The van der Waals surface area contributed by atoms with Gasteiger partial charge in [0.15, 0.2) is 0 Å². The van der Waals surface area contributed by atoms with Crippen molar-refractivity contribution in [3.8, 4) is 11.6 Å². The molecular weight excluding hydrogens is 299 g/mol. The van der Waals surface area contributed by atoms with Crippen molar-refractivity contribution in [3.63, 3.8) is 0 Å². The number of hydrogen-bond donors (Lipinski definition) is 1. The monoisotopic (exact) mass is 310 g/mol. The second kappa shape index (κ2) is 6.41. The van der Waals surface area contributed by atoms with E-state index in [0.29, 0.717) is 0 Å². The fourth-order valence-electron chi connectivity index (χ4n) is 1.57. The zero-order valence-corrected chi connectivity index (χ0v) is 11.9. The lowest BCUT2D eigenvalue weighted by Gasteiger charge is -2.11. The average Bonchev–Trinajstić information content (AvgIpc) is 2.43. The van der Waals surface area contributed by atoms with Gasteiger partial charge in [-0.15, -0.1) is 0 Å². The summed E-state index contributed by atoms with van der Waals surface area (Å²) in [5.74, 6) is -0.967. The van der Waals surface area contributed by atoms with Crippen LogP contribution in [0.5, 0.6) is 11.6 Å². The fourth-order valence-corrected chi connectivity index (χ4v) is 1.77. The first-order valence-electron chi connectivity index (χ1n) is 6.06. The molecule has 0 aliphatic rings. The Labute approximate surface area is 125 Å². The summed E-state index contributed by atoms with van der Waals surface area (Å²) in [7, 11) is 0. The van der Waals surface area contributed by atoms with Crippen LogP contribution in [0.4, 0.5) is 10.1 Å². The summed E-state index contributed by atoms with van der Waals surface area (Å²) in [6.45, 7) is 1.87. The molecule has 0 atom stereocenters. The Hall–Kier alpha value is -2.34. The molecule has 1 heterocycles. The molecule has 5 nitrogen and oxygen atoms in total. The minimum atomic E-state index is -0.620. The highest BCUT2D eigenvalue weighted by Gasteiger charge is 2.17. The van der Waals surface area contributed by atoms with Crippen LogP contribution in [0.1, 0.15) is 17.3 Å². The number of rotatable bonds is 4. The van der Waals surface area contributed by atoms with Gasteiger partial charge in [0.2, 0.25) is 5.88 Å². The van der Waals surface area contributed by atoms with E-state index in [9.17, 15) is 9.18 Å². The quantitative estimate of drug-likeness (QED) is 0.876. The van der Waals surface area contributed by atoms with Crippen molar-refractivity contribution in [2.45, 2.75) is 6.92 Å². The molecule has 1 aromatic heterocycles. The number of pyridine rings is 1. The summed E-state index contributed by atoms with van der Waals surface area (Å²) in [4.78, 5) is 15.8. The van der Waals surface area contributed by atoms with Gasteiger partial charge in [-0.2, -0.15) is 0 Å². The van der Waals surface area contributed by atoms with E-state index in [1.165, 1.54) is 24.4 Å². The smallest absolute Gasteiger partial charge is 0.343 e. The molecular formula is C14H12ClFN2O3. The first-order chi connectivity index (χ1) is 10.0. The molecule has 2 aromatic rings. The van der Waals surface area contributed by atoms with E-state index in [1.54, 1.807) is 6.92 Å². The van der Waals surface area contributed by atoms with Crippen LogP contribution in [0.15, 0.2) is 30.5 Å². The molecule has 0 amide bonds. The van der Waals surface area contributed by atoms with Gasteiger partial charge in [0, 0.05) is 0 Å². The number of hydrogen-bond acceptors (Lipinski definition) is 5. The van der Waals surface area contributed by atoms with Gasteiger partial charge in [-0.1, -0.05) is 11.6 Å². The zero-order valence-electron chi connectivity index (χ0n) is 11.1. The molecule has 0 saturated heterocycles. The highest BCUT2D eigenvalue weighted by Crippen LogP contribution is 2.31. The summed E-state index contributed by atoms with van der Waals surface area (Å²) >= 11 is 5.87. The van der Waals surface area contributed by atoms with Gasteiger partial charge in [0.05, 0.1) is 23.5 Å². The summed E-state index contributed by atoms with van der Waals surface area (Å²) < 4.78 is 23.4. The molecule has 0 spiro atoms. The van der Waals surface area contributed by atoms with E-state index >= 15 is 0 Å². The van der Waals surface area contributed by atoms with Crippen LogP contribution in [0.25, 0.3) is 0 Å². The number of carbonyl (C=O) groups is 1. The molecule has 110 valence electrons. The molecule has 0 aliphatic heterocycles. The Morgan fingerprint density at radius 3 is 2.86 bits per heavy atom. The molecule has 2 rings (SSSR count). The molecule has 7 heteroatoms. The first-order valence-corrected chi connectivity index (χ1v) is 6.44. The van der Waals surface area contributed by atoms with Crippen molar-refractivity contribution in [2.24, 2.45) is 0 Å². The van der Waals surface area contributed by atoms with E-state index < -0.39 is 11.8 Å². The fraction of sp³-hybridized carbons (Fsp3) is 0.143. The Kier molecular flexibility index (Phi) is 4.59. The number of halogens is 2. The molecule has 0 saturated carbocycles. The van der Waals surface area contributed by atoms with Gasteiger partial charge in [0.25, 0.3) is 0 Å². The van der Waals surface area contributed by atoms with Crippen LogP contribution >= 0.6 is 11.6 Å². The predicted octanol–water partition coefficient (Wildman–Crippen LogP) is 3.43. The maximum absolute atomic E-state index is 13.0. The Balaban J connectivity index is 2.37. The van der Waals surface area contributed by atoms with Gasteiger partial charge in [-0.25, -0.2) is 14.2 Å². The molecule has 0 fully saturated rings. The number of nitrogens with two attached hydrogens (primary N) is 1. The summed E-state index contributed by atoms with van der Waals surface area (Å²) in [6.07, 6.45) is 1.33. The number of aromatic nitrogens is 1. The van der Waals surface area contributed by atoms with Crippen molar-refractivity contribution in [1.82, 2.24) is 4.98 Å². The molecule has 0 aliphatic carbocycles. The summed E-state index contributed by atoms with van der Waals surface area (Å²) in [5.41, 5.74) is 5.96. The Bertz CT molecular complexity index is 679. The highest BCUT2D eigenvalue weighted by atomic mass is 35.5. The normalized spacial score (nSPS) is 10.2. The second-order valence-electron chi connectivity index (χ2n) is 4.02. The van der Waals surface area contributed by atoms with Crippen LogP contribution in [0, 0.1) is 5.82 Å². The van der Waals surface area contributed by atoms with Gasteiger partial charge in [0.1, 0.15) is 17.1 Å². The van der Waals surface area contributed by atoms with E-state index in [4.69, 9.17) is 26.8 Å². The first kappa shape index (κ1) is 15.1. The van der Waals surface area contributed by atoms with Gasteiger partial charge in [-0.3, -0.25) is 0 Å². The lowest BCUT2D eigenvalue weighted by molar-refractivity contribution is 0.0523. The van der Waals surface area contributed by atoms with Crippen LogP contribution in [0.3, 0.4) is 0 Å². The van der Waals surface area contributed by atoms with Crippen molar-refractivity contribution in [2.75, 3.05) is 12.3 Å². The zero-order chi connectivity index (χ0) is 15.4. The molecule has 0 bridgehead atoms. The standard InChI is InChI=1S/C14H12ClFN2O3/c1-2-20-14(19)10-6-9(17)7-18-13(10)21-12-4-3-8(16)5-11(12)15/h3-7H,2,17H2,1H3. The number of nitrogen functional groups attached to an aromatic ring is 1. The highest BCUT2D eigenvalue weighted by molar-refractivity contribution is 6.32. The lowest BCUT2D eigenvalue weighted by atomic mass is 10.2. The van der Waals surface area contributed by atoms with Crippen molar-refractivity contribution in [1.29, 1.82) is 0 Å². The number of benzene rings is 1. The minimum Gasteiger partial charge on any atom is -0.462 e. The number of ether oxygens (including phenoxy) is 2. The van der Waals surface area contributed by atoms with E-state index in [0.717, 1.165) is 6.07 Å². The number of carbonyl (C=O) groups excluding carboxylic acids is 1. The summed E-state index contributed by atoms with van der Waals surface area (Å²) in [5, 5.41) is 0.0587. The third-order valence-corrected chi connectivity index (χ3v) is 2.76. The predicted molar refractivity (Wildman–Crippen MR) is 76.1 cm³/mol. The Morgan fingerprint density at radius 1 is 1.43 bits per heavy atom. The third-order valence-electron chi connectivity index (χ3n) is 2.47. The van der Waals surface area contributed by atoms with Gasteiger partial charge in [-0.05, 0) is 31.2 Å². The number of anilines is 1. The number of nitrogens with zero attached hydrogens (tertiary/aromatic N) is 1. The van der Waals surface area contributed by atoms with Gasteiger partial charge < -0.3 is 15.2 Å². The maximum atomic E-state index is 13.0. The molecule has 2 N–H and O–H groups in total. The largest absolute Gasteiger partial charge is 0.462 e. The second-order valence-corrected chi connectivity index (χ2v) is 4.43. The van der Waals surface area contributed by atoms with Crippen molar-refractivity contribution < 1.29 is 18.7 Å². The molecule has 1 aromatic carbocycles. The van der Waals surface area contributed by atoms with Crippen LogP contribution in [-0.2, 0) is 4.74 Å². The van der Waals surface area contributed by atoms with E-state index in [-0.39, 0.29) is 34.5 Å². The van der Waals surface area contributed by atoms with E-state index in [2.05, 4.69) is 4.98 Å².